The number of carbonyl (C=O) groups excluding carboxylic acids is 2. The molecule has 1 atom stereocenters. The number of ether oxygens (including phenoxy) is 1. The van der Waals surface area contributed by atoms with Crippen molar-refractivity contribution < 1.29 is 14.3 Å². The van der Waals surface area contributed by atoms with Crippen molar-refractivity contribution in [3.8, 4) is 6.01 Å². The van der Waals surface area contributed by atoms with Crippen molar-refractivity contribution in [3.05, 3.63) is 18.5 Å². The van der Waals surface area contributed by atoms with E-state index in [9.17, 15) is 9.59 Å². The molecule has 1 aromatic heterocycles. The second-order valence-corrected chi connectivity index (χ2v) is 6.29. The molecule has 24 heavy (non-hydrogen) atoms. The van der Waals surface area contributed by atoms with E-state index >= 15 is 0 Å². The maximum atomic E-state index is 12.4. The Morgan fingerprint density at radius 3 is 2.62 bits per heavy atom. The van der Waals surface area contributed by atoms with Crippen LogP contribution in [0, 0.1) is 0 Å². The van der Waals surface area contributed by atoms with E-state index in [-0.39, 0.29) is 24.1 Å². The Labute approximate surface area is 141 Å². The number of hydrogen-bond acceptors (Lipinski definition) is 5. The van der Waals surface area contributed by atoms with E-state index < -0.39 is 0 Å². The number of piperidine rings is 2. The van der Waals surface area contributed by atoms with Gasteiger partial charge in [0.2, 0.25) is 5.91 Å². The maximum absolute atomic E-state index is 12.4. The summed E-state index contributed by atoms with van der Waals surface area (Å²) in [4.78, 5) is 35.5. The molecule has 8 nitrogen and oxygen atoms in total. The average molecular weight is 333 g/mol. The van der Waals surface area contributed by atoms with Crippen LogP contribution in [0.2, 0.25) is 0 Å². The van der Waals surface area contributed by atoms with Crippen molar-refractivity contribution >= 4 is 11.9 Å². The van der Waals surface area contributed by atoms with Gasteiger partial charge in [-0.1, -0.05) is 0 Å². The Hall–Kier alpha value is -2.38. The van der Waals surface area contributed by atoms with E-state index in [2.05, 4.69) is 15.3 Å². The SMILES string of the molecule is CN1C[C@@H](NC(=O)N2CCC(Oc3ncccn3)CC2)CCC1=O. The summed E-state index contributed by atoms with van der Waals surface area (Å²) < 4.78 is 5.73. The minimum atomic E-state index is -0.0582. The molecule has 8 heteroatoms. The normalized spacial score (nSPS) is 22.4. The topological polar surface area (TPSA) is 87.7 Å². The predicted octanol–water partition coefficient (Wildman–Crippen LogP) is 0.650. The summed E-state index contributed by atoms with van der Waals surface area (Å²) in [5, 5.41) is 3.03. The molecule has 2 saturated heterocycles. The first kappa shape index (κ1) is 16.5. The van der Waals surface area contributed by atoms with Crippen molar-refractivity contribution in [3.63, 3.8) is 0 Å². The smallest absolute Gasteiger partial charge is 0.317 e. The van der Waals surface area contributed by atoms with Crippen molar-refractivity contribution in [2.75, 3.05) is 26.7 Å². The lowest BCUT2D eigenvalue weighted by Gasteiger charge is -2.35. The zero-order valence-corrected chi connectivity index (χ0v) is 13.9. The largest absolute Gasteiger partial charge is 0.460 e. The molecule has 0 saturated carbocycles. The van der Waals surface area contributed by atoms with E-state index in [4.69, 9.17) is 4.74 Å². The van der Waals surface area contributed by atoms with Gasteiger partial charge in [0.1, 0.15) is 6.10 Å². The Kier molecular flexibility index (Phi) is 5.12. The number of urea groups is 1. The molecule has 3 rings (SSSR count). The highest BCUT2D eigenvalue weighted by atomic mass is 16.5. The van der Waals surface area contributed by atoms with Gasteiger partial charge in [0.25, 0.3) is 0 Å². The van der Waals surface area contributed by atoms with Gasteiger partial charge >= 0.3 is 12.0 Å². The van der Waals surface area contributed by atoms with Crippen LogP contribution in [0.4, 0.5) is 4.79 Å². The minimum absolute atomic E-state index is 0.0342. The van der Waals surface area contributed by atoms with Crippen LogP contribution in [0.3, 0.4) is 0 Å². The van der Waals surface area contributed by atoms with Crippen molar-refractivity contribution in [2.24, 2.45) is 0 Å². The summed E-state index contributed by atoms with van der Waals surface area (Å²) in [6, 6.07) is 2.11. The predicted molar refractivity (Wildman–Crippen MR) is 86.4 cm³/mol. The standard InChI is InChI=1S/C16H23N5O3/c1-20-11-12(3-4-14(20)22)19-16(23)21-9-5-13(6-10-21)24-15-17-7-2-8-18-15/h2,7-8,12-13H,3-6,9-11H2,1H3,(H,19,23)/t12-/m0/s1. The maximum Gasteiger partial charge on any atom is 0.317 e. The van der Waals surface area contributed by atoms with Crippen molar-refractivity contribution in [2.45, 2.75) is 37.8 Å². The number of likely N-dealkylation sites (N-methyl/N-ethyl adjacent to an activating group) is 1. The van der Waals surface area contributed by atoms with Gasteiger partial charge < -0.3 is 19.9 Å². The summed E-state index contributed by atoms with van der Waals surface area (Å²) in [5.74, 6) is 0.140. The van der Waals surface area contributed by atoms with Crippen LogP contribution in [0.5, 0.6) is 6.01 Å². The summed E-state index contributed by atoms with van der Waals surface area (Å²) in [7, 11) is 1.77. The summed E-state index contributed by atoms with van der Waals surface area (Å²) in [5.41, 5.74) is 0. The number of rotatable bonds is 3. The first-order valence-corrected chi connectivity index (χ1v) is 8.35. The van der Waals surface area contributed by atoms with E-state index in [1.807, 2.05) is 4.90 Å². The van der Waals surface area contributed by atoms with E-state index in [1.54, 1.807) is 30.4 Å². The molecule has 0 spiro atoms. The van der Waals surface area contributed by atoms with E-state index in [0.717, 1.165) is 12.8 Å². The van der Waals surface area contributed by atoms with Gasteiger partial charge in [-0.2, -0.15) is 0 Å². The molecule has 0 aliphatic carbocycles. The van der Waals surface area contributed by atoms with Crippen LogP contribution in [0.1, 0.15) is 25.7 Å². The number of nitrogens with zero attached hydrogens (tertiary/aromatic N) is 4. The molecular weight excluding hydrogens is 310 g/mol. The number of amides is 3. The van der Waals surface area contributed by atoms with Crippen LogP contribution in [-0.4, -0.2) is 70.5 Å². The van der Waals surface area contributed by atoms with Gasteiger partial charge in [-0.15, -0.1) is 0 Å². The van der Waals surface area contributed by atoms with Gasteiger partial charge in [0, 0.05) is 64.4 Å². The lowest BCUT2D eigenvalue weighted by molar-refractivity contribution is -0.132. The Balaban J connectivity index is 1.43. The molecule has 0 unspecified atom stereocenters. The minimum Gasteiger partial charge on any atom is -0.460 e. The number of nitrogens with one attached hydrogen (secondary N) is 1. The molecule has 0 radical (unpaired) electrons. The fourth-order valence-electron chi connectivity index (χ4n) is 3.07. The van der Waals surface area contributed by atoms with Crippen molar-refractivity contribution in [1.82, 2.24) is 25.1 Å². The van der Waals surface area contributed by atoms with E-state index in [0.29, 0.717) is 38.5 Å². The monoisotopic (exact) mass is 333 g/mol. The third-order valence-electron chi connectivity index (χ3n) is 4.50. The molecule has 2 fully saturated rings. The van der Waals surface area contributed by atoms with Crippen LogP contribution >= 0.6 is 0 Å². The average Bonchev–Trinajstić information content (AvgIpc) is 2.60. The molecule has 2 aliphatic rings. The lowest BCUT2D eigenvalue weighted by atomic mass is 10.1. The second-order valence-electron chi connectivity index (χ2n) is 6.29. The molecule has 3 amide bonds. The molecule has 0 bridgehead atoms. The number of hydrogen-bond donors (Lipinski definition) is 1. The molecule has 2 aliphatic heterocycles. The van der Waals surface area contributed by atoms with Crippen LogP contribution in [0.15, 0.2) is 18.5 Å². The number of carbonyl (C=O) groups is 2. The van der Waals surface area contributed by atoms with Crippen molar-refractivity contribution in [1.29, 1.82) is 0 Å². The molecule has 130 valence electrons. The first-order valence-electron chi connectivity index (χ1n) is 8.35. The summed E-state index contributed by atoms with van der Waals surface area (Å²) in [6.07, 6.45) is 6.06. The fourth-order valence-corrected chi connectivity index (χ4v) is 3.07. The summed E-state index contributed by atoms with van der Waals surface area (Å²) in [6.45, 7) is 1.87. The Morgan fingerprint density at radius 2 is 1.96 bits per heavy atom. The zero-order chi connectivity index (χ0) is 16.9. The van der Waals surface area contributed by atoms with Gasteiger partial charge in [0.15, 0.2) is 0 Å². The summed E-state index contributed by atoms with van der Waals surface area (Å²) >= 11 is 0. The van der Waals surface area contributed by atoms with Gasteiger partial charge in [-0.3, -0.25) is 4.79 Å². The van der Waals surface area contributed by atoms with E-state index in [1.165, 1.54) is 0 Å². The van der Waals surface area contributed by atoms with Crippen LogP contribution in [0.25, 0.3) is 0 Å². The highest BCUT2D eigenvalue weighted by Crippen LogP contribution is 2.16. The fraction of sp³-hybridized carbons (Fsp3) is 0.625. The number of aromatic nitrogens is 2. The van der Waals surface area contributed by atoms with Crippen LogP contribution < -0.4 is 10.1 Å². The van der Waals surface area contributed by atoms with Gasteiger partial charge in [-0.05, 0) is 12.5 Å². The second kappa shape index (κ2) is 7.46. The lowest BCUT2D eigenvalue weighted by Crippen LogP contribution is -2.53. The molecule has 1 N–H and O–H groups in total. The quantitative estimate of drug-likeness (QED) is 0.877. The molecule has 1 aromatic rings. The number of likely N-dealkylation sites (tertiary alicyclic amines) is 2. The highest BCUT2D eigenvalue weighted by molar-refractivity contribution is 5.78. The first-order chi connectivity index (χ1) is 11.6. The molecular formula is C16H23N5O3. The van der Waals surface area contributed by atoms with Crippen LogP contribution in [-0.2, 0) is 4.79 Å². The molecule has 3 heterocycles. The molecule has 0 aromatic carbocycles. The Bertz CT molecular complexity index is 574. The third-order valence-corrected chi connectivity index (χ3v) is 4.50. The van der Waals surface area contributed by atoms with Gasteiger partial charge in [0.05, 0.1) is 0 Å². The Morgan fingerprint density at radius 1 is 1.25 bits per heavy atom. The van der Waals surface area contributed by atoms with Gasteiger partial charge in [-0.25, -0.2) is 14.8 Å². The highest BCUT2D eigenvalue weighted by Gasteiger charge is 2.28. The zero-order valence-electron chi connectivity index (χ0n) is 13.9. The third kappa shape index (κ3) is 4.12.